The van der Waals surface area contributed by atoms with Crippen molar-refractivity contribution in [2.75, 3.05) is 7.11 Å². The van der Waals surface area contributed by atoms with Crippen LogP contribution in [-0.2, 0) is 13.1 Å². The summed E-state index contributed by atoms with van der Waals surface area (Å²) in [5.41, 5.74) is 4.40. The van der Waals surface area contributed by atoms with Crippen LogP contribution in [-0.4, -0.2) is 27.7 Å². The van der Waals surface area contributed by atoms with Gasteiger partial charge in [-0.2, -0.15) is 10.4 Å². The molecule has 1 amide bonds. The molecule has 6 nitrogen and oxygen atoms in total. The molecule has 1 aliphatic heterocycles. The molecule has 2 heterocycles. The van der Waals surface area contributed by atoms with E-state index in [9.17, 15) is 14.4 Å². The summed E-state index contributed by atoms with van der Waals surface area (Å²) in [5, 5.41) is 14.2. The molecule has 162 valence electrons. The van der Waals surface area contributed by atoms with Crippen molar-refractivity contribution >= 4 is 5.91 Å². The summed E-state index contributed by atoms with van der Waals surface area (Å²) in [6, 6.07) is 12.0. The molecule has 0 atom stereocenters. The second-order valence-electron chi connectivity index (χ2n) is 8.39. The van der Waals surface area contributed by atoms with Crippen molar-refractivity contribution in [3.05, 3.63) is 76.4 Å². The van der Waals surface area contributed by atoms with Crippen LogP contribution in [0.1, 0.15) is 64.3 Å². The number of carbonyl (C=O) groups excluding carboxylic acids is 1. The zero-order chi connectivity index (χ0) is 22.2. The molecule has 1 saturated carbocycles. The molecule has 7 heteroatoms. The van der Waals surface area contributed by atoms with Crippen molar-refractivity contribution in [2.45, 2.75) is 44.7 Å². The SMILES string of the molecule is COc1c(C#N)ccc(C2CCCC2)c1C(=O)N1Cc2cn(-c3ccc(F)cc3)nc2C1. The van der Waals surface area contributed by atoms with E-state index in [0.717, 1.165) is 48.2 Å². The predicted molar refractivity (Wildman–Crippen MR) is 116 cm³/mol. The first-order valence-electron chi connectivity index (χ1n) is 10.8. The molecule has 0 bridgehead atoms. The minimum atomic E-state index is -0.295. The Kier molecular flexibility index (Phi) is 5.14. The van der Waals surface area contributed by atoms with Crippen LogP contribution in [0.5, 0.6) is 5.75 Å². The fraction of sp³-hybridized carbons (Fsp3) is 0.320. The number of methoxy groups -OCH3 is 1. The molecule has 0 saturated heterocycles. The van der Waals surface area contributed by atoms with Gasteiger partial charge in [0.1, 0.15) is 17.6 Å². The molecule has 0 radical (unpaired) electrons. The van der Waals surface area contributed by atoms with Crippen molar-refractivity contribution in [3.8, 4) is 17.5 Å². The number of amides is 1. The van der Waals surface area contributed by atoms with Gasteiger partial charge in [0.15, 0.2) is 0 Å². The van der Waals surface area contributed by atoms with Crippen LogP contribution in [0.3, 0.4) is 0 Å². The normalized spacial score (nSPS) is 15.6. The van der Waals surface area contributed by atoms with E-state index < -0.39 is 0 Å². The van der Waals surface area contributed by atoms with Crippen molar-refractivity contribution in [1.29, 1.82) is 5.26 Å². The third-order valence-electron chi connectivity index (χ3n) is 6.48. The standard InChI is InChI=1S/C25H23FN4O2/c1-32-24-17(12-27)6-11-21(16-4-2-3-5-16)23(24)25(31)29-13-18-14-30(28-22(18)15-29)20-9-7-19(26)8-10-20/h6-11,14,16H,2-5,13,15H2,1H3. The van der Waals surface area contributed by atoms with Gasteiger partial charge >= 0.3 is 0 Å². The minimum absolute atomic E-state index is 0.132. The molecule has 3 aromatic rings. The van der Waals surface area contributed by atoms with Gasteiger partial charge in [0.25, 0.3) is 5.91 Å². The lowest BCUT2D eigenvalue weighted by molar-refractivity contribution is 0.0744. The number of aromatic nitrogens is 2. The fourth-order valence-electron chi connectivity index (χ4n) is 4.88. The Balaban J connectivity index is 1.45. The first-order chi connectivity index (χ1) is 15.6. The van der Waals surface area contributed by atoms with Gasteiger partial charge in [-0.3, -0.25) is 4.79 Å². The zero-order valence-corrected chi connectivity index (χ0v) is 17.8. The van der Waals surface area contributed by atoms with Crippen LogP contribution >= 0.6 is 0 Å². The molecule has 32 heavy (non-hydrogen) atoms. The Morgan fingerprint density at radius 2 is 1.91 bits per heavy atom. The van der Waals surface area contributed by atoms with Crippen LogP contribution in [0.2, 0.25) is 0 Å². The third kappa shape index (κ3) is 3.42. The van der Waals surface area contributed by atoms with Gasteiger partial charge in [0, 0.05) is 18.3 Å². The average molecular weight is 430 g/mol. The van der Waals surface area contributed by atoms with Crippen molar-refractivity contribution in [1.82, 2.24) is 14.7 Å². The Bertz CT molecular complexity index is 1200. The molecule has 0 spiro atoms. The van der Waals surface area contributed by atoms with Gasteiger partial charge in [-0.05, 0) is 54.7 Å². The topological polar surface area (TPSA) is 71.2 Å². The van der Waals surface area contributed by atoms with E-state index in [1.807, 2.05) is 12.3 Å². The number of nitrogens with zero attached hydrogens (tertiary/aromatic N) is 4. The largest absolute Gasteiger partial charge is 0.495 e. The van der Waals surface area contributed by atoms with E-state index in [-0.39, 0.29) is 11.7 Å². The summed E-state index contributed by atoms with van der Waals surface area (Å²) in [6.07, 6.45) is 6.26. The molecule has 0 N–H and O–H groups in total. The number of nitriles is 1. The molecule has 1 aliphatic carbocycles. The van der Waals surface area contributed by atoms with Crippen LogP contribution < -0.4 is 4.74 Å². The number of ether oxygens (including phenoxy) is 1. The number of carbonyl (C=O) groups is 1. The lowest BCUT2D eigenvalue weighted by atomic mass is 9.90. The molecule has 2 aromatic carbocycles. The predicted octanol–water partition coefficient (Wildman–Crippen LogP) is 4.71. The third-order valence-corrected chi connectivity index (χ3v) is 6.48. The maximum absolute atomic E-state index is 13.7. The Morgan fingerprint density at radius 3 is 2.56 bits per heavy atom. The number of benzene rings is 2. The van der Waals surface area contributed by atoms with Crippen LogP contribution in [0.25, 0.3) is 5.69 Å². The number of hydrogen-bond donors (Lipinski definition) is 0. The number of hydrogen-bond acceptors (Lipinski definition) is 4. The van der Waals surface area contributed by atoms with Crippen molar-refractivity contribution in [2.24, 2.45) is 0 Å². The molecular weight excluding hydrogens is 407 g/mol. The summed E-state index contributed by atoms with van der Waals surface area (Å²) < 4.78 is 20.5. The summed E-state index contributed by atoms with van der Waals surface area (Å²) >= 11 is 0. The second-order valence-corrected chi connectivity index (χ2v) is 8.39. The average Bonchev–Trinajstić information content (AvgIpc) is 3.55. The van der Waals surface area contributed by atoms with E-state index in [4.69, 9.17) is 4.74 Å². The molecule has 1 fully saturated rings. The lowest BCUT2D eigenvalue weighted by Crippen LogP contribution is -2.28. The summed E-state index contributed by atoms with van der Waals surface area (Å²) in [7, 11) is 1.51. The van der Waals surface area contributed by atoms with E-state index in [1.165, 1.54) is 19.2 Å². The van der Waals surface area contributed by atoms with E-state index >= 15 is 0 Å². The monoisotopic (exact) mass is 430 g/mol. The van der Waals surface area contributed by atoms with Gasteiger partial charge in [0.2, 0.25) is 0 Å². The van der Waals surface area contributed by atoms with Gasteiger partial charge in [-0.25, -0.2) is 9.07 Å². The highest BCUT2D eigenvalue weighted by atomic mass is 19.1. The number of halogens is 1. The number of rotatable bonds is 4. The maximum atomic E-state index is 13.7. The van der Waals surface area contributed by atoms with Crippen LogP contribution in [0.4, 0.5) is 4.39 Å². The smallest absolute Gasteiger partial charge is 0.258 e. The van der Waals surface area contributed by atoms with E-state index in [0.29, 0.717) is 35.9 Å². The molecule has 1 aromatic heterocycles. The van der Waals surface area contributed by atoms with Crippen LogP contribution in [0.15, 0.2) is 42.6 Å². The summed E-state index contributed by atoms with van der Waals surface area (Å²) in [6.45, 7) is 0.811. The molecule has 2 aliphatic rings. The molecule has 0 unspecified atom stereocenters. The van der Waals surface area contributed by atoms with Crippen LogP contribution in [0, 0.1) is 17.1 Å². The van der Waals surface area contributed by atoms with E-state index in [1.54, 1.807) is 27.8 Å². The second kappa shape index (κ2) is 8.12. The minimum Gasteiger partial charge on any atom is -0.495 e. The first kappa shape index (κ1) is 20.3. The Labute approximate surface area is 185 Å². The summed E-state index contributed by atoms with van der Waals surface area (Å²) in [5.74, 6) is 0.245. The highest BCUT2D eigenvalue weighted by Gasteiger charge is 2.33. The first-order valence-corrected chi connectivity index (χ1v) is 10.8. The molecular formula is C25H23FN4O2. The highest BCUT2D eigenvalue weighted by molar-refractivity contribution is 5.99. The zero-order valence-electron chi connectivity index (χ0n) is 17.8. The Morgan fingerprint density at radius 1 is 1.16 bits per heavy atom. The van der Waals surface area contributed by atoms with Gasteiger partial charge in [0.05, 0.1) is 36.2 Å². The fourth-order valence-corrected chi connectivity index (χ4v) is 4.88. The molecule has 5 rings (SSSR count). The van der Waals surface area contributed by atoms with E-state index in [2.05, 4.69) is 11.2 Å². The summed E-state index contributed by atoms with van der Waals surface area (Å²) in [4.78, 5) is 15.4. The quantitative estimate of drug-likeness (QED) is 0.601. The maximum Gasteiger partial charge on any atom is 0.258 e. The van der Waals surface area contributed by atoms with Gasteiger partial charge in [-0.1, -0.05) is 18.9 Å². The number of fused-ring (bicyclic) bond motifs is 1. The highest BCUT2D eigenvalue weighted by Crippen LogP contribution is 2.41. The van der Waals surface area contributed by atoms with Crippen molar-refractivity contribution in [3.63, 3.8) is 0 Å². The van der Waals surface area contributed by atoms with Gasteiger partial charge in [-0.15, -0.1) is 0 Å². The van der Waals surface area contributed by atoms with Crippen molar-refractivity contribution < 1.29 is 13.9 Å². The van der Waals surface area contributed by atoms with Gasteiger partial charge < -0.3 is 9.64 Å². The lowest BCUT2D eigenvalue weighted by Gasteiger charge is -2.23. The Hall–Kier alpha value is -3.66.